The van der Waals surface area contributed by atoms with Gasteiger partial charge < -0.3 is 0 Å². The SMILES string of the molecule is CCS1(CC)CSCS1. The van der Waals surface area contributed by atoms with Gasteiger partial charge in [0.25, 0.3) is 0 Å². The number of rotatable bonds is 2. The molecule has 0 unspecified atom stereocenters. The van der Waals surface area contributed by atoms with Crippen molar-refractivity contribution < 1.29 is 0 Å². The third-order valence-electron chi connectivity index (χ3n) is 1.73. The van der Waals surface area contributed by atoms with Crippen molar-refractivity contribution >= 4 is 31.6 Å². The van der Waals surface area contributed by atoms with Crippen molar-refractivity contribution in [1.82, 2.24) is 0 Å². The molecule has 1 rings (SSSR count). The normalized spacial score (nSPS) is 28.2. The van der Waals surface area contributed by atoms with Crippen molar-refractivity contribution in [3.63, 3.8) is 0 Å². The van der Waals surface area contributed by atoms with E-state index in [2.05, 4.69) is 36.4 Å². The van der Waals surface area contributed by atoms with Gasteiger partial charge in [-0.3, -0.25) is 0 Å². The molecule has 0 radical (unpaired) electrons. The summed E-state index contributed by atoms with van der Waals surface area (Å²) in [6.45, 7) is 4.69. The summed E-state index contributed by atoms with van der Waals surface area (Å²) in [5.74, 6) is 2.86. The van der Waals surface area contributed by atoms with Crippen LogP contribution in [-0.4, -0.2) is 21.7 Å². The maximum absolute atomic E-state index is 2.34. The first kappa shape index (κ1) is 8.15. The second-order valence-corrected chi connectivity index (χ2v) is 10.5. The topological polar surface area (TPSA) is 0 Å². The molecule has 0 spiro atoms. The van der Waals surface area contributed by atoms with Crippen LogP contribution in [0.3, 0.4) is 0 Å². The molecule has 3 heteroatoms. The van der Waals surface area contributed by atoms with Gasteiger partial charge in [0.05, 0.1) is 0 Å². The monoisotopic (exact) mass is 182 g/mol. The first-order valence-electron chi connectivity index (χ1n) is 3.31. The van der Waals surface area contributed by atoms with Crippen LogP contribution in [0.5, 0.6) is 0 Å². The minimum absolute atomic E-state index is 0.157. The first-order valence-corrected chi connectivity index (χ1v) is 8.11. The summed E-state index contributed by atoms with van der Waals surface area (Å²) in [6, 6.07) is 0. The smallest absolute Gasteiger partial charge is 0.0489 e. The zero-order valence-corrected chi connectivity index (χ0v) is 8.50. The number of thioether (sulfide) groups is 1. The molecule has 0 bridgehead atoms. The summed E-state index contributed by atoms with van der Waals surface area (Å²) in [5.41, 5.74) is 0. The van der Waals surface area contributed by atoms with Crippen LogP contribution in [0, 0.1) is 0 Å². The molecule has 9 heavy (non-hydrogen) atoms. The van der Waals surface area contributed by atoms with E-state index in [-0.39, 0.29) is 9.06 Å². The van der Waals surface area contributed by atoms with Crippen molar-refractivity contribution in [2.24, 2.45) is 0 Å². The van der Waals surface area contributed by atoms with Crippen LogP contribution in [0.4, 0.5) is 0 Å². The van der Waals surface area contributed by atoms with Crippen LogP contribution in [0.2, 0.25) is 0 Å². The third-order valence-corrected chi connectivity index (χ3v) is 12.4. The summed E-state index contributed by atoms with van der Waals surface area (Å²) in [7, 11) is 2.08. The summed E-state index contributed by atoms with van der Waals surface area (Å²) >= 11 is 2.13. The summed E-state index contributed by atoms with van der Waals surface area (Å²) in [6.07, 6.45) is 0. The van der Waals surface area contributed by atoms with Crippen molar-refractivity contribution in [2.75, 3.05) is 21.7 Å². The van der Waals surface area contributed by atoms with E-state index < -0.39 is 0 Å². The van der Waals surface area contributed by atoms with Crippen LogP contribution >= 0.6 is 31.6 Å². The minimum Gasteiger partial charge on any atom is -0.183 e. The van der Waals surface area contributed by atoms with Crippen LogP contribution < -0.4 is 0 Å². The summed E-state index contributed by atoms with van der Waals surface area (Å²) < 4.78 is 0. The van der Waals surface area contributed by atoms with Crippen LogP contribution in [0.25, 0.3) is 0 Å². The summed E-state index contributed by atoms with van der Waals surface area (Å²) in [5, 5.41) is 2.82. The molecule has 0 saturated carbocycles. The average molecular weight is 182 g/mol. The highest BCUT2D eigenvalue weighted by Crippen LogP contribution is 2.66. The van der Waals surface area contributed by atoms with Crippen LogP contribution in [-0.2, 0) is 0 Å². The molecule has 56 valence electrons. The Bertz CT molecular complexity index is 80.3. The quantitative estimate of drug-likeness (QED) is 0.602. The van der Waals surface area contributed by atoms with Crippen molar-refractivity contribution in [3.05, 3.63) is 0 Å². The van der Waals surface area contributed by atoms with E-state index in [1.165, 1.54) is 21.7 Å². The van der Waals surface area contributed by atoms with Crippen LogP contribution in [0.1, 0.15) is 13.8 Å². The fraction of sp³-hybridized carbons (Fsp3) is 1.00. The maximum Gasteiger partial charge on any atom is 0.0489 e. The minimum atomic E-state index is -0.157. The molecule has 0 N–H and O–H groups in total. The first-order chi connectivity index (χ1) is 4.33. The van der Waals surface area contributed by atoms with Gasteiger partial charge in [0.1, 0.15) is 0 Å². The Morgan fingerprint density at radius 3 is 2.22 bits per heavy atom. The van der Waals surface area contributed by atoms with Gasteiger partial charge in [0.15, 0.2) is 0 Å². The van der Waals surface area contributed by atoms with E-state index >= 15 is 0 Å². The van der Waals surface area contributed by atoms with Gasteiger partial charge >= 0.3 is 0 Å². The Balaban J connectivity index is 2.45. The molecule has 1 saturated heterocycles. The number of hydrogen-bond acceptors (Lipinski definition) is 2. The maximum atomic E-state index is 2.34. The van der Waals surface area contributed by atoms with E-state index in [9.17, 15) is 0 Å². The molecule has 1 aliphatic rings. The second kappa shape index (κ2) is 3.44. The Morgan fingerprint density at radius 2 is 2.00 bits per heavy atom. The Labute approximate surface area is 67.3 Å². The molecule has 1 fully saturated rings. The van der Waals surface area contributed by atoms with Crippen molar-refractivity contribution in [3.8, 4) is 0 Å². The largest absolute Gasteiger partial charge is 0.183 e. The van der Waals surface area contributed by atoms with Gasteiger partial charge in [0.2, 0.25) is 0 Å². The molecular weight excluding hydrogens is 168 g/mol. The fourth-order valence-electron chi connectivity index (χ4n) is 0.893. The lowest BCUT2D eigenvalue weighted by Crippen LogP contribution is -1.98. The molecular formula is C6H14S3. The standard InChI is InChI=1S/C6H14S3/c1-3-9(4-2)6-7-5-8-9/h3-6H2,1-2H3. The molecule has 0 nitrogen and oxygen atoms in total. The molecule has 1 aliphatic heterocycles. The van der Waals surface area contributed by atoms with E-state index in [0.717, 1.165) is 0 Å². The fourth-order valence-corrected chi connectivity index (χ4v) is 11.1. The average Bonchev–Trinajstić information content (AvgIpc) is 2.36. The predicted molar refractivity (Wildman–Crippen MR) is 53.6 cm³/mol. The summed E-state index contributed by atoms with van der Waals surface area (Å²) in [4.78, 5) is 0. The molecule has 0 aromatic heterocycles. The third kappa shape index (κ3) is 1.75. The highest BCUT2D eigenvalue weighted by atomic mass is 33.2. The van der Waals surface area contributed by atoms with E-state index in [0.29, 0.717) is 0 Å². The molecule has 0 atom stereocenters. The zero-order valence-electron chi connectivity index (χ0n) is 6.05. The number of hydrogen-bond donors (Lipinski definition) is 0. The zero-order chi connectivity index (χ0) is 6.74. The lowest BCUT2D eigenvalue weighted by atomic mass is 11.0. The molecule has 0 aliphatic carbocycles. The molecule has 1 heterocycles. The van der Waals surface area contributed by atoms with Gasteiger partial charge in [-0.2, -0.15) is 9.06 Å². The van der Waals surface area contributed by atoms with Crippen molar-refractivity contribution in [2.45, 2.75) is 13.8 Å². The molecule has 0 aromatic rings. The lowest BCUT2D eigenvalue weighted by molar-refractivity contribution is 1.43. The Morgan fingerprint density at radius 1 is 1.33 bits per heavy atom. The van der Waals surface area contributed by atoms with E-state index in [4.69, 9.17) is 0 Å². The van der Waals surface area contributed by atoms with Gasteiger partial charge in [-0.15, -0.1) is 22.6 Å². The van der Waals surface area contributed by atoms with Gasteiger partial charge in [0, 0.05) is 10.2 Å². The lowest BCUT2D eigenvalue weighted by Gasteiger charge is -2.30. The Hall–Kier alpha value is 1.05. The predicted octanol–water partition coefficient (Wildman–Crippen LogP) is 3.14. The van der Waals surface area contributed by atoms with Gasteiger partial charge in [-0.05, 0) is 11.5 Å². The molecule has 0 amide bonds. The van der Waals surface area contributed by atoms with Crippen molar-refractivity contribution in [1.29, 1.82) is 0 Å². The Kier molecular flexibility index (Phi) is 3.12. The highest BCUT2D eigenvalue weighted by Gasteiger charge is 2.25. The molecule has 0 aromatic carbocycles. The van der Waals surface area contributed by atoms with E-state index in [1.54, 1.807) is 0 Å². The van der Waals surface area contributed by atoms with Crippen LogP contribution in [0.15, 0.2) is 0 Å². The van der Waals surface area contributed by atoms with Gasteiger partial charge in [-0.1, -0.05) is 13.8 Å². The highest BCUT2D eigenvalue weighted by molar-refractivity contribution is 8.98. The van der Waals surface area contributed by atoms with Gasteiger partial charge in [-0.25, -0.2) is 0 Å². The second-order valence-electron chi connectivity index (χ2n) is 2.10. The van der Waals surface area contributed by atoms with E-state index in [1.807, 2.05) is 0 Å².